The summed E-state index contributed by atoms with van der Waals surface area (Å²) in [5.74, 6) is -3.16. The van der Waals surface area contributed by atoms with Gasteiger partial charge in [0.1, 0.15) is 0 Å². The van der Waals surface area contributed by atoms with Crippen LogP contribution in [-0.2, 0) is 20.5 Å². The number of nitrogens with zero attached hydrogens (tertiary/aromatic N) is 5. The SMILES string of the molecule is O=C1NNCC(N2CCC[C@H]2[C@@H]2CC[C@@H](CC(=O)N3CCN(c4ncc(C(F)(F)F)cn4)CC3)O2)C1C(F)(F)F. The van der Waals surface area contributed by atoms with Crippen molar-refractivity contribution in [3.8, 4) is 0 Å². The molecule has 0 aromatic carbocycles. The lowest BCUT2D eigenvalue weighted by Crippen LogP contribution is -2.65. The van der Waals surface area contributed by atoms with E-state index in [4.69, 9.17) is 4.74 Å². The van der Waals surface area contributed by atoms with Gasteiger partial charge in [0.05, 0.1) is 24.2 Å². The van der Waals surface area contributed by atoms with Crippen LogP contribution in [0.2, 0.25) is 0 Å². The molecule has 4 saturated heterocycles. The molecule has 2 amide bonds. The first-order valence-corrected chi connectivity index (χ1v) is 13.3. The molecule has 16 heteroatoms. The van der Waals surface area contributed by atoms with Gasteiger partial charge in [-0.25, -0.2) is 15.4 Å². The molecule has 1 aromatic rings. The Morgan fingerprint density at radius 1 is 0.975 bits per heavy atom. The first kappa shape index (κ1) is 28.8. The van der Waals surface area contributed by atoms with E-state index in [1.165, 1.54) is 0 Å². The highest BCUT2D eigenvalue weighted by Gasteiger charge is 2.55. The number of amides is 2. The molecular weight excluding hydrogens is 548 g/mol. The van der Waals surface area contributed by atoms with Crippen molar-refractivity contribution in [3.05, 3.63) is 18.0 Å². The summed E-state index contributed by atoms with van der Waals surface area (Å²) in [5, 5.41) is 0. The molecule has 5 heterocycles. The van der Waals surface area contributed by atoms with Gasteiger partial charge in [-0.1, -0.05) is 0 Å². The molecule has 4 fully saturated rings. The second-order valence-electron chi connectivity index (χ2n) is 10.6. The van der Waals surface area contributed by atoms with Crippen LogP contribution in [0.4, 0.5) is 32.3 Å². The summed E-state index contributed by atoms with van der Waals surface area (Å²) in [6, 6.07) is -1.30. The molecule has 10 nitrogen and oxygen atoms in total. The number of nitrogens with one attached hydrogen (secondary N) is 2. The number of likely N-dealkylation sites (tertiary alicyclic amines) is 1. The maximum Gasteiger partial charge on any atom is 0.419 e. The van der Waals surface area contributed by atoms with Gasteiger partial charge in [-0.05, 0) is 32.2 Å². The summed E-state index contributed by atoms with van der Waals surface area (Å²) < 4.78 is 85.6. The zero-order valence-corrected chi connectivity index (χ0v) is 21.5. The Morgan fingerprint density at radius 3 is 2.33 bits per heavy atom. The molecule has 222 valence electrons. The fourth-order valence-electron chi connectivity index (χ4n) is 6.19. The van der Waals surface area contributed by atoms with Crippen molar-refractivity contribution < 1.29 is 40.7 Å². The highest BCUT2D eigenvalue weighted by Crippen LogP contribution is 2.39. The number of piperazine rings is 1. The summed E-state index contributed by atoms with van der Waals surface area (Å²) in [4.78, 5) is 37.8. The van der Waals surface area contributed by atoms with Crippen molar-refractivity contribution in [3.63, 3.8) is 0 Å². The van der Waals surface area contributed by atoms with Crippen molar-refractivity contribution in [1.29, 1.82) is 0 Å². The predicted molar refractivity (Wildman–Crippen MR) is 128 cm³/mol. The minimum absolute atomic E-state index is 0.0233. The Morgan fingerprint density at radius 2 is 1.68 bits per heavy atom. The minimum atomic E-state index is -4.67. The lowest BCUT2D eigenvalue weighted by atomic mass is 9.93. The third-order valence-corrected chi connectivity index (χ3v) is 8.16. The maximum absolute atomic E-state index is 13.7. The van der Waals surface area contributed by atoms with E-state index < -0.39 is 35.8 Å². The van der Waals surface area contributed by atoms with E-state index in [1.54, 1.807) is 14.7 Å². The summed E-state index contributed by atoms with van der Waals surface area (Å²) in [6.45, 7) is 1.85. The Hall–Kier alpha value is -2.72. The number of carbonyl (C=O) groups excluding carboxylic acids is 2. The summed E-state index contributed by atoms with van der Waals surface area (Å²) in [5.41, 5.74) is 3.75. The normalized spacial score (nSPS) is 30.6. The first-order valence-electron chi connectivity index (χ1n) is 13.3. The maximum atomic E-state index is 13.7. The van der Waals surface area contributed by atoms with E-state index in [1.807, 2.05) is 0 Å². The third-order valence-electron chi connectivity index (χ3n) is 8.16. The fourth-order valence-corrected chi connectivity index (χ4v) is 6.19. The highest BCUT2D eigenvalue weighted by molar-refractivity contribution is 5.80. The zero-order chi connectivity index (χ0) is 28.7. The Labute approximate surface area is 226 Å². The number of rotatable bonds is 5. The van der Waals surface area contributed by atoms with E-state index in [-0.39, 0.29) is 43.1 Å². The molecule has 0 aliphatic carbocycles. The van der Waals surface area contributed by atoms with E-state index in [2.05, 4.69) is 20.8 Å². The quantitative estimate of drug-likeness (QED) is 0.509. The van der Waals surface area contributed by atoms with Crippen LogP contribution in [0.1, 0.15) is 37.7 Å². The van der Waals surface area contributed by atoms with Crippen LogP contribution < -0.4 is 15.8 Å². The van der Waals surface area contributed by atoms with Gasteiger partial charge in [0.25, 0.3) is 0 Å². The zero-order valence-electron chi connectivity index (χ0n) is 21.5. The largest absolute Gasteiger partial charge is 0.419 e. The number of halogens is 6. The number of anilines is 1. The number of hydrogen-bond donors (Lipinski definition) is 2. The lowest BCUT2D eigenvalue weighted by molar-refractivity contribution is -0.202. The van der Waals surface area contributed by atoms with Crippen molar-refractivity contribution >= 4 is 17.8 Å². The molecule has 0 bridgehead atoms. The number of carbonyl (C=O) groups is 2. The van der Waals surface area contributed by atoms with Crippen LogP contribution in [0.25, 0.3) is 0 Å². The minimum Gasteiger partial charge on any atom is -0.373 e. The van der Waals surface area contributed by atoms with Crippen molar-refractivity contribution in [2.45, 2.75) is 68.7 Å². The molecule has 5 rings (SSSR count). The van der Waals surface area contributed by atoms with E-state index in [0.717, 1.165) is 12.4 Å². The van der Waals surface area contributed by atoms with Gasteiger partial charge < -0.3 is 14.5 Å². The average molecular weight is 580 g/mol. The van der Waals surface area contributed by atoms with E-state index in [0.29, 0.717) is 58.4 Å². The Balaban J connectivity index is 1.12. The summed E-state index contributed by atoms with van der Waals surface area (Å²) >= 11 is 0. The molecule has 2 unspecified atom stereocenters. The molecule has 5 atom stereocenters. The molecule has 2 N–H and O–H groups in total. The fraction of sp³-hybridized carbons (Fsp3) is 0.750. The van der Waals surface area contributed by atoms with Gasteiger partial charge in [0.15, 0.2) is 5.92 Å². The number of ether oxygens (including phenoxy) is 1. The molecule has 0 radical (unpaired) electrons. The topological polar surface area (TPSA) is 103 Å². The summed E-state index contributed by atoms with van der Waals surface area (Å²) in [7, 11) is 0. The summed E-state index contributed by atoms with van der Waals surface area (Å²) in [6.07, 6.45) is -5.69. The molecular formula is C24H31F6N7O3. The van der Waals surface area contributed by atoms with Crippen LogP contribution in [0.3, 0.4) is 0 Å². The third kappa shape index (κ3) is 6.12. The second-order valence-corrected chi connectivity index (χ2v) is 10.6. The van der Waals surface area contributed by atoms with Crippen molar-refractivity contribution in [1.82, 2.24) is 30.6 Å². The van der Waals surface area contributed by atoms with Crippen LogP contribution >= 0.6 is 0 Å². The standard InChI is InChI=1S/C24H31F6N7O3/c25-23(26,27)14-11-31-22(32-12-14)36-8-6-35(7-9-36)19(38)10-15-3-4-18(40-15)16-2-1-5-37(16)17-13-33-34-21(39)20(17)24(28,29)30/h11-12,15-18,20,33H,1-10,13H2,(H,34,39)/t15-,16-,17?,18-,20?/m0/s1. The van der Waals surface area contributed by atoms with Gasteiger partial charge in [0.2, 0.25) is 17.8 Å². The van der Waals surface area contributed by atoms with E-state index >= 15 is 0 Å². The van der Waals surface area contributed by atoms with Gasteiger partial charge in [-0.2, -0.15) is 26.3 Å². The van der Waals surface area contributed by atoms with Gasteiger partial charge >= 0.3 is 12.4 Å². The second kappa shape index (κ2) is 11.3. The average Bonchev–Trinajstić information content (AvgIpc) is 3.57. The molecule has 0 saturated carbocycles. The molecule has 40 heavy (non-hydrogen) atoms. The lowest BCUT2D eigenvalue weighted by Gasteiger charge is -2.42. The number of alkyl halides is 6. The van der Waals surface area contributed by atoms with Gasteiger partial charge in [-0.3, -0.25) is 19.9 Å². The molecule has 4 aliphatic heterocycles. The Bertz CT molecular complexity index is 1060. The van der Waals surface area contributed by atoms with Gasteiger partial charge in [0, 0.05) is 57.2 Å². The number of aromatic nitrogens is 2. The van der Waals surface area contributed by atoms with Gasteiger partial charge in [-0.15, -0.1) is 0 Å². The van der Waals surface area contributed by atoms with Crippen LogP contribution in [0.5, 0.6) is 0 Å². The van der Waals surface area contributed by atoms with Crippen LogP contribution in [0.15, 0.2) is 12.4 Å². The molecule has 0 spiro atoms. The molecule has 4 aliphatic rings. The predicted octanol–water partition coefficient (Wildman–Crippen LogP) is 1.73. The number of hydrazine groups is 1. The van der Waals surface area contributed by atoms with Crippen molar-refractivity contribution in [2.75, 3.05) is 44.2 Å². The first-order chi connectivity index (χ1) is 18.9. The van der Waals surface area contributed by atoms with Crippen LogP contribution in [-0.4, -0.2) is 101 Å². The monoisotopic (exact) mass is 579 g/mol. The Kier molecular flexibility index (Phi) is 8.12. The smallest absolute Gasteiger partial charge is 0.373 e. The highest BCUT2D eigenvalue weighted by atomic mass is 19.4. The van der Waals surface area contributed by atoms with E-state index in [9.17, 15) is 35.9 Å². The van der Waals surface area contributed by atoms with Crippen LogP contribution in [0, 0.1) is 5.92 Å². The number of hydrogen-bond acceptors (Lipinski definition) is 8. The molecule has 1 aromatic heterocycles. The van der Waals surface area contributed by atoms with Crippen molar-refractivity contribution in [2.24, 2.45) is 5.92 Å².